The number of aromatic nitrogens is 4. The molecular weight excluding hydrogens is 609 g/mol. The molecule has 10 aromatic rings. The Morgan fingerprint density at radius 1 is 0.300 bits per heavy atom. The first kappa shape index (κ1) is 28.3. The Morgan fingerprint density at radius 2 is 0.720 bits per heavy atom. The van der Waals surface area contributed by atoms with E-state index in [0.717, 1.165) is 39.5 Å². The third-order valence-corrected chi connectivity index (χ3v) is 9.73. The van der Waals surface area contributed by atoms with E-state index in [1.54, 1.807) is 0 Å². The van der Waals surface area contributed by atoms with Crippen molar-refractivity contribution in [2.24, 2.45) is 0 Å². The summed E-state index contributed by atoms with van der Waals surface area (Å²) < 4.78 is 4.78. The first-order valence-electron chi connectivity index (χ1n) is 16.9. The van der Waals surface area contributed by atoms with Gasteiger partial charge in [-0.25, -0.2) is 9.97 Å². The van der Waals surface area contributed by atoms with Gasteiger partial charge in [0.2, 0.25) is 0 Å². The van der Waals surface area contributed by atoms with Gasteiger partial charge >= 0.3 is 0 Å². The van der Waals surface area contributed by atoms with Crippen LogP contribution in [0.5, 0.6) is 0 Å². The van der Waals surface area contributed by atoms with Crippen LogP contribution in [0.25, 0.3) is 88.9 Å². The lowest BCUT2D eigenvalue weighted by molar-refractivity contribution is 1.16. The minimum Gasteiger partial charge on any atom is -0.309 e. The Bertz CT molecular complexity index is 2770. The molecule has 0 bridgehead atoms. The van der Waals surface area contributed by atoms with E-state index in [-0.39, 0.29) is 0 Å². The number of rotatable bonds is 5. The summed E-state index contributed by atoms with van der Waals surface area (Å²) >= 11 is 0. The maximum absolute atomic E-state index is 5.06. The maximum atomic E-state index is 5.06. The number of benzene rings is 7. The summed E-state index contributed by atoms with van der Waals surface area (Å²) in [5, 5.41) is 4.93. The molecule has 0 radical (unpaired) electrons. The van der Waals surface area contributed by atoms with E-state index < -0.39 is 0 Å². The lowest BCUT2D eigenvalue weighted by Crippen LogP contribution is -1.97. The molecule has 0 aliphatic heterocycles. The largest absolute Gasteiger partial charge is 0.309 e. The minimum absolute atomic E-state index is 0.703. The van der Waals surface area contributed by atoms with Crippen molar-refractivity contribution in [2.75, 3.05) is 0 Å². The molecule has 3 heterocycles. The highest BCUT2D eigenvalue weighted by molar-refractivity contribution is 6.19. The summed E-state index contributed by atoms with van der Waals surface area (Å²) in [5.41, 5.74) is 11.9. The van der Waals surface area contributed by atoms with Gasteiger partial charge in [-0.2, -0.15) is 0 Å². The van der Waals surface area contributed by atoms with Crippen LogP contribution in [0.3, 0.4) is 0 Å². The molecule has 10 rings (SSSR count). The van der Waals surface area contributed by atoms with Crippen LogP contribution in [0, 0.1) is 0 Å². The molecule has 0 amide bonds. The van der Waals surface area contributed by atoms with Crippen LogP contribution in [-0.2, 0) is 0 Å². The molecule has 50 heavy (non-hydrogen) atoms. The fourth-order valence-corrected chi connectivity index (χ4v) is 7.41. The topological polar surface area (TPSA) is 35.6 Å². The van der Waals surface area contributed by atoms with Gasteiger partial charge in [-0.1, -0.05) is 115 Å². The van der Waals surface area contributed by atoms with Crippen molar-refractivity contribution in [1.82, 2.24) is 19.1 Å². The molecule has 0 aliphatic rings. The van der Waals surface area contributed by atoms with Gasteiger partial charge in [0.1, 0.15) is 0 Å². The molecule has 7 aromatic carbocycles. The molecule has 4 nitrogen and oxygen atoms in total. The Labute approximate surface area is 289 Å². The monoisotopic (exact) mass is 638 g/mol. The molecule has 0 aliphatic carbocycles. The van der Waals surface area contributed by atoms with Gasteiger partial charge in [-0.15, -0.1) is 0 Å². The van der Waals surface area contributed by atoms with Gasteiger partial charge in [0.25, 0.3) is 0 Å². The first-order valence-corrected chi connectivity index (χ1v) is 16.9. The Morgan fingerprint density at radius 3 is 1.22 bits per heavy atom. The average molecular weight is 639 g/mol. The predicted molar refractivity (Wildman–Crippen MR) is 207 cm³/mol. The van der Waals surface area contributed by atoms with E-state index >= 15 is 0 Å². The molecule has 0 N–H and O–H groups in total. The molecule has 0 unspecified atom stereocenters. The zero-order valence-corrected chi connectivity index (χ0v) is 27.1. The van der Waals surface area contributed by atoms with Crippen LogP contribution in [-0.4, -0.2) is 19.1 Å². The van der Waals surface area contributed by atoms with E-state index in [2.05, 4.69) is 155 Å². The second-order valence-electron chi connectivity index (χ2n) is 12.7. The van der Waals surface area contributed by atoms with Gasteiger partial charge in [0, 0.05) is 49.6 Å². The lowest BCUT2D eigenvalue weighted by Gasteiger charge is -2.11. The molecule has 234 valence electrons. The summed E-state index contributed by atoms with van der Waals surface area (Å²) in [6.45, 7) is 0. The van der Waals surface area contributed by atoms with Gasteiger partial charge < -0.3 is 9.13 Å². The first-order chi connectivity index (χ1) is 24.8. The zero-order chi connectivity index (χ0) is 33.0. The second-order valence-corrected chi connectivity index (χ2v) is 12.7. The minimum atomic E-state index is 0.703. The molecule has 0 spiro atoms. The predicted octanol–water partition coefficient (Wildman–Crippen LogP) is 11.7. The normalized spacial score (nSPS) is 11.6. The van der Waals surface area contributed by atoms with Gasteiger partial charge in [-0.05, 0) is 66.7 Å². The number of hydrogen-bond donors (Lipinski definition) is 0. The van der Waals surface area contributed by atoms with Crippen molar-refractivity contribution in [2.45, 2.75) is 0 Å². The van der Waals surface area contributed by atoms with E-state index in [1.807, 2.05) is 36.4 Å². The summed E-state index contributed by atoms with van der Waals surface area (Å²) in [6, 6.07) is 64.2. The molecule has 0 fully saturated rings. The summed E-state index contributed by atoms with van der Waals surface area (Å²) in [5.74, 6) is 0.703. The number of fused-ring (bicyclic) bond motifs is 6. The van der Waals surface area contributed by atoms with Crippen LogP contribution >= 0.6 is 0 Å². The van der Waals surface area contributed by atoms with Crippen LogP contribution in [0.4, 0.5) is 0 Å². The molecule has 0 atom stereocenters. The SMILES string of the molecule is c1ccc(-c2cc(-c3ccccc3)nc(-c3ccc(-n4c5ccccc5c5cc6c(cc54)c4ccccc4n6-c4ccccc4)cc3)n2)cc1. The molecule has 4 heteroatoms. The number of hydrogen-bond acceptors (Lipinski definition) is 2. The molecular formula is C46H30N4. The molecule has 0 saturated carbocycles. The van der Waals surface area contributed by atoms with Crippen LogP contribution in [0.1, 0.15) is 0 Å². The van der Waals surface area contributed by atoms with Crippen molar-refractivity contribution < 1.29 is 0 Å². The summed E-state index contributed by atoms with van der Waals surface area (Å²) in [4.78, 5) is 10.1. The van der Waals surface area contributed by atoms with Gasteiger partial charge in [0.15, 0.2) is 5.82 Å². The van der Waals surface area contributed by atoms with Crippen molar-refractivity contribution in [1.29, 1.82) is 0 Å². The summed E-state index contributed by atoms with van der Waals surface area (Å²) in [6.07, 6.45) is 0. The van der Waals surface area contributed by atoms with Crippen molar-refractivity contribution in [3.8, 4) is 45.3 Å². The van der Waals surface area contributed by atoms with E-state index in [4.69, 9.17) is 9.97 Å². The van der Waals surface area contributed by atoms with Crippen LogP contribution < -0.4 is 0 Å². The van der Waals surface area contributed by atoms with E-state index in [0.29, 0.717) is 5.82 Å². The fraction of sp³-hybridized carbons (Fsp3) is 0. The molecule has 0 saturated heterocycles. The number of nitrogens with zero attached hydrogens (tertiary/aromatic N) is 4. The maximum Gasteiger partial charge on any atom is 0.160 e. The quantitative estimate of drug-likeness (QED) is 0.188. The standard InChI is InChI=1S/C46H30N4/c1-4-14-31(15-5-1)40-30-41(32-16-6-2-7-17-32)48-46(47-40)33-24-26-35(27-25-33)50-43-23-13-11-21-37(43)39-28-44-38(29-45(39)50)36-20-10-12-22-42(36)49(44)34-18-8-3-9-19-34/h1-30H. The van der Waals surface area contributed by atoms with E-state index in [9.17, 15) is 0 Å². The smallest absolute Gasteiger partial charge is 0.160 e. The van der Waals surface area contributed by atoms with Crippen molar-refractivity contribution in [3.63, 3.8) is 0 Å². The van der Waals surface area contributed by atoms with Crippen LogP contribution in [0.15, 0.2) is 182 Å². The average Bonchev–Trinajstić information content (AvgIpc) is 3.70. The second kappa shape index (κ2) is 11.4. The third kappa shape index (κ3) is 4.54. The van der Waals surface area contributed by atoms with Crippen molar-refractivity contribution >= 4 is 43.6 Å². The van der Waals surface area contributed by atoms with Crippen LogP contribution in [0.2, 0.25) is 0 Å². The van der Waals surface area contributed by atoms with E-state index in [1.165, 1.54) is 43.6 Å². The Balaban J connectivity index is 1.16. The summed E-state index contributed by atoms with van der Waals surface area (Å²) in [7, 11) is 0. The van der Waals surface area contributed by atoms with Gasteiger partial charge in [0.05, 0.1) is 33.5 Å². The highest BCUT2D eigenvalue weighted by Gasteiger charge is 2.18. The third-order valence-electron chi connectivity index (χ3n) is 9.73. The molecule has 3 aromatic heterocycles. The van der Waals surface area contributed by atoms with Gasteiger partial charge in [-0.3, -0.25) is 0 Å². The Hall–Kier alpha value is -6.78. The highest BCUT2D eigenvalue weighted by atomic mass is 15.0. The highest BCUT2D eigenvalue weighted by Crippen LogP contribution is 2.40. The van der Waals surface area contributed by atoms with Crippen molar-refractivity contribution in [3.05, 3.63) is 182 Å². The Kier molecular flexibility index (Phi) is 6.46. The lowest BCUT2D eigenvalue weighted by atomic mass is 10.1. The number of para-hydroxylation sites is 3. The zero-order valence-electron chi connectivity index (χ0n) is 27.1. The fourth-order valence-electron chi connectivity index (χ4n) is 7.41.